The standard InChI is InChI=1S/C11H18F2N2O4S/c12-11(13)3-1-2-9(11)8-10(16)14-20(17,18)15-4-6-19-7-5-15/h9H,1-8H2,(H,14,16). The van der Waals surface area contributed by atoms with Crippen LogP contribution < -0.4 is 4.72 Å². The summed E-state index contributed by atoms with van der Waals surface area (Å²) in [6.45, 7) is 0.829. The van der Waals surface area contributed by atoms with Gasteiger partial charge < -0.3 is 4.74 Å². The minimum atomic E-state index is -3.95. The number of carbonyl (C=O) groups excluding carboxylic acids is 1. The monoisotopic (exact) mass is 312 g/mol. The van der Waals surface area contributed by atoms with E-state index in [1.54, 1.807) is 0 Å². The van der Waals surface area contributed by atoms with Crippen molar-refractivity contribution in [3.8, 4) is 0 Å². The molecule has 0 bridgehead atoms. The lowest BCUT2D eigenvalue weighted by Gasteiger charge is -2.26. The normalized spacial score (nSPS) is 27.4. The van der Waals surface area contributed by atoms with Crippen molar-refractivity contribution in [2.75, 3.05) is 26.3 Å². The van der Waals surface area contributed by atoms with Gasteiger partial charge >= 0.3 is 10.2 Å². The first-order valence-corrected chi connectivity index (χ1v) is 8.01. The molecule has 2 aliphatic rings. The Kier molecular flexibility index (Phi) is 4.60. The molecule has 1 N–H and O–H groups in total. The summed E-state index contributed by atoms with van der Waals surface area (Å²) in [6.07, 6.45) is -0.0864. The van der Waals surface area contributed by atoms with E-state index < -0.39 is 34.4 Å². The molecule has 1 aliphatic heterocycles. The molecule has 1 aliphatic carbocycles. The first-order chi connectivity index (χ1) is 9.31. The molecule has 0 aromatic carbocycles. The molecule has 1 atom stereocenters. The third-order valence-electron chi connectivity index (χ3n) is 3.64. The van der Waals surface area contributed by atoms with Gasteiger partial charge in [0.05, 0.1) is 13.2 Å². The van der Waals surface area contributed by atoms with E-state index in [0.29, 0.717) is 6.42 Å². The number of alkyl halides is 2. The largest absolute Gasteiger partial charge is 0.379 e. The van der Waals surface area contributed by atoms with Crippen molar-refractivity contribution < 1.29 is 26.7 Å². The molecule has 0 spiro atoms. The SMILES string of the molecule is O=C(CC1CCCC1(F)F)NS(=O)(=O)N1CCOCC1. The zero-order valence-corrected chi connectivity index (χ0v) is 11.8. The predicted molar refractivity (Wildman–Crippen MR) is 66.4 cm³/mol. The summed E-state index contributed by atoms with van der Waals surface area (Å²) in [4.78, 5) is 11.7. The summed E-state index contributed by atoms with van der Waals surface area (Å²) in [7, 11) is -3.95. The molecular weight excluding hydrogens is 294 g/mol. The van der Waals surface area contributed by atoms with Gasteiger partial charge in [-0.1, -0.05) is 0 Å². The van der Waals surface area contributed by atoms with Crippen molar-refractivity contribution in [2.45, 2.75) is 31.6 Å². The van der Waals surface area contributed by atoms with Crippen molar-refractivity contribution in [3.63, 3.8) is 0 Å². The van der Waals surface area contributed by atoms with Gasteiger partial charge in [0.15, 0.2) is 0 Å². The fourth-order valence-electron chi connectivity index (χ4n) is 2.51. The highest BCUT2D eigenvalue weighted by molar-refractivity contribution is 7.87. The van der Waals surface area contributed by atoms with E-state index >= 15 is 0 Å². The molecule has 1 amide bonds. The fourth-order valence-corrected chi connectivity index (χ4v) is 3.64. The molecule has 0 aromatic rings. The molecule has 1 unspecified atom stereocenters. The van der Waals surface area contributed by atoms with Crippen LogP contribution >= 0.6 is 0 Å². The Bertz CT molecular complexity index is 463. The summed E-state index contributed by atoms with van der Waals surface area (Å²) in [5.74, 6) is -4.81. The first kappa shape index (κ1) is 15.6. The van der Waals surface area contributed by atoms with Crippen LogP contribution in [0.3, 0.4) is 0 Å². The molecule has 6 nitrogen and oxygen atoms in total. The van der Waals surface area contributed by atoms with Crippen LogP contribution in [0.25, 0.3) is 0 Å². The third kappa shape index (κ3) is 3.64. The lowest BCUT2D eigenvalue weighted by molar-refractivity contribution is -0.124. The Morgan fingerprint density at radius 1 is 1.35 bits per heavy atom. The van der Waals surface area contributed by atoms with Gasteiger partial charge in [-0.05, 0) is 12.8 Å². The smallest absolute Gasteiger partial charge is 0.303 e. The number of morpholine rings is 1. The molecule has 0 radical (unpaired) electrons. The predicted octanol–water partition coefficient (Wildman–Crippen LogP) is 0.505. The topological polar surface area (TPSA) is 75.7 Å². The minimum Gasteiger partial charge on any atom is -0.379 e. The second-order valence-corrected chi connectivity index (χ2v) is 6.77. The molecule has 2 rings (SSSR count). The van der Waals surface area contributed by atoms with E-state index in [-0.39, 0.29) is 39.1 Å². The first-order valence-electron chi connectivity index (χ1n) is 6.57. The Morgan fingerprint density at radius 2 is 2.00 bits per heavy atom. The van der Waals surface area contributed by atoms with Crippen LogP contribution in [0.4, 0.5) is 8.78 Å². The van der Waals surface area contributed by atoms with E-state index in [0.717, 1.165) is 4.31 Å². The summed E-state index contributed by atoms with van der Waals surface area (Å²) < 4.78 is 58.5. The van der Waals surface area contributed by atoms with Gasteiger partial charge in [0.25, 0.3) is 5.92 Å². The third-order valence-corrected chi connectivity index (χ3v) is 5.18. The van der Waals surface area contributed by atoms with Crippen molar-refractivity contribution in [3.05, 3.63) is 0 Å². The lowest BCUT2D eigenvalue weighted by Crippen LogP contribution is -2.48. The molecule has 2 fully saturated rings. The molecule has 116 valence electrons. The molecule has 20 heavy (non-hydrogen) atoms. The van der Waals surface area contributed by atoms with E-state index in [1.807, 2.05) is 4.72 Å². The van der Waals surface area contributed by atoms with Crippen LogP contribution in [-0.2, 0) is 19.7 Å². The van der Waals surface area contributed by atoms with Crippen molar-refractivity contribution in [1.82, 2.24) is 9.03 Å². The maximum Gasteiger partial charge on any atom is 0.303 e. The molecule has 1 heterocycles. The number of ether oxygens (including phenoxy) is 1. The van der Waals surface area contributed by atoms with Crippen LogP contribution in [0.2, 0.25) is 0 Å². The van der Waals surface area contributed by atoms with E-state index in [9.17, 15) is 22.0 Å². The summed E-state index contributed by atoms with van der Waals surface area (Å²) in [5.41, 5.74) is 0. The highest BCUT2D eigenvalue weighted by Crippen LogP contribution is 2.42. The second kappa shape index (κ2) is 5.90. The maximum absolute atomic E-state index is 13.4. The number of halogens is 2. The molecule has 1 saturated heterocycles. The van der Waals surface area contributed by atoms with Crippen LogP contribution in [0, 0.1) is 5.92 Å². The second-order valence-electron chi connectivity index (χ2n) is 5.10. The van der Waals surface area contributed by atoms with Gasteiger partial charge in [0.2, 0.25) is 5.91 Å². The zero-order chi connectivity index (χ0) is 14.8. The quantitative estimate of drug-likeness (QED) is 0.820. The summed E-state index contributed by atoms with van der Waals surface area (Å²) in [6, 6.07) is 0. The van der Waals surface area contributed by atoms with Gasteiger partial charge in [0.1, 0.15) is 0 Å². The minimum absolute atomic E-state index is 0.155. The van der Waals surface area contributed by atoms with Gasteiger partial charge in [0, 0.05) is 31.8 Å². The van der Waals surface area contributed by atoms with Crippen LogP contribution in [0.5, 0.6) is 0 Å². The van der Waals surface area contributed by atoms with Gasteiger partial charge in [-0.15, -0.1) is 0 Å². The molecular formula is C11H18F2N2O4S. The Balaban J connectivity index is 1.90. The highest BCUT2D eigenvalue weighted by Gasteiger charge is 2.44. The van der Waals surface area contributed by atoms with Crippen molar-refractivity contribution in [1.29, 1.82) is 0 Å². The summed E-state index contributed by atoms with van der Waals surface area (Å²) in [5, 5.41) is 0. The summed E-state index contributed by atoms with van der Waals surface area (Å²) >= 11 is 0. The van der Waals surface area contributed by atoms with Crippen molar-refractivity contribution in [2.24, 2.45) is 5.92 Å². The molecule has 1 saturated carbocycles. The van der Waals surface area contributed by atoms with E-state index in [1.165, 1.54) is 0 Å². The van der Waals surface area contributed by atoms with Gasteiger partial charge in [-0.3, -0.25) is 4.79 Å². The van der Waals surface area contributed by atoms with Gasteiger partial charge in [-0.25, -0.2) is 13.5 Å². The Morgan fingerprint density at radius 3 is 2.55 bits per heavy atom. The Hall–Kier alpha value is -0.800. The fraction of sp³-hybridized carbons (Fsp3) is 0.909. The van der Waals surface area contributed by atoms with Crippen LogP contribution in [0.1, 0.15) is 25.7 Å². The van der Waals surface area contributed by atoms with Crippen LogP contribution in [0.15, 0.2) is 0 Å². The average Bonchev–Trinajstić information content (AvgIpc) is 2.69. The van der Waals surface area contributed by atoms with Gasteiger partial charge in [-0.2, -0.15) is 12.7 Å². The number of carbonyl (C=O) groups is 1. The molecule has 0 aromatic heterocycles. The number of rotatable bonds is 4. The number of nitrogens with one attached hydrogen (secondary N) is 1. The van der Waals surface area contributed by atoms with Crippen LogP contribution in [-0.4, -0.2) is 50.9 Å². The van der Waals surface area contributed by atoms with Crippen molar-refractivity contribution >= 4 is 16.1 Å². The average molecular weight is 312 g/mol. The van der Waals surface area contributed by atoms with E-state index in [4.69, 9.17) is 4.74 Å². The maximum atomic E-state index is 13.4. The zero-order valence-electron chi connectivity index (χ0n) is 11.0. The number of hydrogen-bond donors (Lipinski definition) is 1. The lowest BCUT2D eigenvalue weighted by atomic mass is 10.0. The number of nitrogens with zero attached hydrogens (tertiary/aromatic N) is 1. The molecule has 9 heteroatoms. The highest BCUT2D eigenvalue weighted by atomic mass is 32.2. The number of hydrogen-bond acceptors (Lipinski definition) is 4. The number of amides is 1. The van der Waals surface area contributed by atoms with E-state index in [2.05, 4.69) is 0 Å². The Labute approximate surface area is 116 Å².